The van der Waals surface area contributed by atoms with Crippen molar-refractivity contribution in [2.45, 2.75) is 25.5 Å². The van der Waals surface area contributed by atoms with Gasteiger partial charge in [0, 0.05) is 30.1 Å². The van der Waals surface area contributed by atoms with E-state index in [-0.39, 0.29) is 0 Å². The van der Waals surface area contributed by atoms with E-state index in [9.17, 15) is 4.21 Å². The van der Waals surface area contributed by atoms with Gasteiger partial charge < -0.3 is 15.6 Å². The molecule has 102 valence electrons. The third-order valence-electron chi connectivity index (χ3n) is 2.45. The quantitative estimate of drug-likeness (QED) is 0.678. The fourth-order valence-corrected chi connectivity index (χ4v) is 2.67. The van der Waals surface area contributed by atoms with Crippen LogP contribution >= 0.6 is 12.2 Å². The normalized spacial score (nSPS) is 12.4. The first-order valence-electron chi connectivity index (χ1n) is 5.87. The standard InChI is InChI=1S/C11H20N4OS2/c1-8(2)10-9(14-7-15-10)6-18(16)5-4-13-11(17)12-3/h7-8H,4-6H2,1-3H3,(H,14,15)(H2,12,13,17). The summed E-state index contributed by atoms with van der Waals surface area (Å²) in [5.74, 6) is 1.43. The van der Waals surface area contributed by atoms with Gasteiger partial charge in [-0.3, -0.25) is 4.21 Å². The molecular formula is C11H20N4OS2. The number of thiocarbonyl (C=S) groups is 1. The van der Waals surface area contributed by atoms with Crippen molar-refractivity contribution < 1.29 is 4.21 Å². The van der Waals surface area contributed by atoms with Crippen LogP contribution in [0.5, 0.6) is 0 Å². The number of nitrogens with zero attached hydrogens (tertiary/aromatic N) is 1. The highest BCUT2D eigenvalue weighted by Crippen LogP contribution is 2.16. The van der Waals surface area contributed by atoms with E-state index in [1.54, 1.807) is 13.4 Å². The SMILES string of the molecule is CNC(=S)NCCS(=O)Cc1[nH]cnc1C(C)C. The summed E-state index contributed by atoms with van der Waals surface area (Å²) in [5, 5.41) is 6.38. The number of nitrogens with one attached hydrogen (secondary N) is 3. The lowest BCUT2D eigenvalue weighted by atomic mass is 10.1. The molecule has 1 aromatic rings. The Hall–Kier alpha value is -0.950. The summed E-state index contributed by atoms with van der Waals surface area (Å²) >= 11 is 4.94. The van der Waals surface area contributed by atoms with E-state index < -0.39 is 10.8 Å². The Morgan fingerprint density at radius 3 is 2.94 bits per heavy atom. The lowest BCUT2D eigenvalue weighted by molar-refractivity contribution is 0.680. The lowest BCUT2D eigenvalue weighted by Gasteiger charge is -2.08. The first-order chi connectivity index (χ1) is 8.54. The zero-order valence-corrected chi connectivity index (χ0v) is 12.6. The molecule has 0 aliphatic rings. The third-order valence-corrected chi connectivity index (χ3v) is 4.06. The molecule has 0 amide bonds. The second-order valence-electron chi connectivity index (χ2n) is 4.22. The topological polar surface area (TPSA) is 69.8 Å². The predicted molar refractivity (Wildman–Crippen MR) is 79.1 cm³/mol. The molecule has 18 heavy (non-hydrogen) atoms. The van der Waals surface area contributed by atoms with E-state index in [1.807, 2.05) is 0 Å². The minimum atomic E-state index is -0.916. The molecule has 1 rings (SSSR count). The summed E-state index contributed by atoms with van der Waals surface area (Å²) in [6.45, 7) is 4.77. The van der Waals surface area contributed by atoms with Gasteiger partial charge in [-0.1, -0.05) is 13.8 Å². The molecule has 1 heterocycles. The maximum absolute atomic E-state index is 11.9. The van der Waals surface area contributed by atoms with Crippen LogP contribution < -0.4 is 10.6 Å². The molecule has 0 saturated carbocycles. The molecule has 0 radical (unpaired) electrons. The van der Waals surface area contributed by atoms with E-state index in [0.29, 0.717) is 29.1 Å². The molecule has 0 bridgehead atoms. The van der Waals surface area contributed by atoms with Crippen molar-refractivity contribution in [3.63, 3.8) is 0 Å². The molecule has 0 aliphatic heterocycles. The lowest BCUT2D eigenvalue weighted by Crippen LogP contribution is -2.35. The number of aromatic nitrogens is 2. The van der Waals surface area contributed by atoms with Gasteiger partial charge in [-0.05, 0) is 18.1 Å². The molecule has 7 heteroatoms. The van der Waals surface area contributed by atoms with Gasteiger partial charge in [0.2, 0.25) is 0 Å². The summed E-state index contributed by atoms with van der Waals surface area (Å²) in [6.07, 6.45) is 1.66. The molecule has 1 aromatic heterocycles. The Morgan fingerprint density at radius 2 is 2.33 bits per heavy atom. The first-order valence-corrected chi connectivity index (χ1v) is 7.77. The van der Waals surface area contributed by atoms with Crippen molar-refractivity contribution in [1.29, 1.82) is 0 Å². The molecule has 3 N–H and O–H groups in total. The maximum Gasteiger partial charge on any atom is 0.166 e. The predicted octanol–water partition coefficient (Wildman–Crippen LogP) is 0.876. The summed E-state index contributed by atoms with van der Waals surface area (Å²) in [4.78, 5) is 7.32. The Morgan fingerprint density at radius 1 is 1.61 bits per heavy atom. The Labute approximate surface area is 116 Å². The number of hydrogen-bond donors (Lipinski definition) is 3. The Bertz CT molecular complexity index is 417. The summed E-state index contributed by atoms with van der Waals surface area (Å²) in [5.41, 5.74) is 1.97. The van der Waals surface area contributed by atoms with Gasteiger partial charge in [-0.15, -0.1) is 0 Å². The van der Waals surface area contributed by atoms with Crippen LogP contribution in [0.15, 0.2) is 6.33 Å². The molecule has 0 aromatic carbocycles. The number of H-pyrrole nitrogens is 1. The largest absolute Gasteiger partial charge is 0.366 e. The number of rotatable bonds is 6. The molecule has 0 fully saturated rings. The molecule has 0 aliphatic carbocycles. The van der Waals surface area contributed by atoms with Crippen molar-refractivity contribution in [2.75, 3.05) is 19.3 Å². The second kappa shape index (κ2) is 7.48. The van der Waals surface area contributed by atoms with Crippen LogP contribution in [0.3, 0.4) is 0 Å². The number of aromatic amines is 1. The monoisotopic (exact) mass is 288 g/mol. The zero-order chi connectivity index (χ0) is 13.5. The van der Waals surface area contributed by atoms with Crippen molar-refractivity contribution in [3.05, 3.63) is 17.7 Å². The fourth-order valence-electron chi connectivity index (χ4n) is 1.54. The van der Waals surface area contributed by atoms with Gasteiger partial charge in [0.25, 0.3) is 0 Å². The minimum Gasteiger partial charge on any atom is -0.366 e. The van der Waals surface area contributed by atoms with Crippen LogP contribution in [0, 0.1) is 0 Å². The Kier molecular flexibility index (Phi) is 6.28. The Balaban J connectivity index is 2.40. The van der Waals surface area contributed by atoms with Crippen LogP contribution in [-0.4, -0.2) is 38.6 Å². The fraction of sp³-hybridized carbons (Fsp3) is 0.636. The van der Waals surface area contributed by atoms with E-state index in [1.165, 1.54) is 0 Å². The van der Waals surface area contributed by atoms with E-state index in [2.05, 4.69) is 34.4 Å². The van der Waals surface area contributed by atoms with Crippen LogP contribution in [0.25, 0.3) is 0 Å². The third kappa shape index (κ3) is 4.73. The average Bonchev–Trinajstić information content (AvgIpc) is 2.76. The summed E-state index contributed by atoms with van der Waals surface area (Å²) in [7, 11) is 0.840. The smallest absolute Gasteiger partial charge is 0.166 e. The van der Waals surface area contributed by atoms with E-state index in [4.69, 9.17) is 12.2 Å². The number of hydrogen-bond acceptors (Lipinski definition) is 3. The molecule has 1 atom stereocenters. The minimum absolute atomic E-state index is 0.346. The van der Waals surface area contributed by atoms with E-state index >= 15 is 0 Å². The summed E-state index contributed by atoms with van der Waals surface area (Å²) < 4.78 is 11.9. The first kappa shape index (κ1) is 15.1. The molecule has 0 spiro atoms. The number of imidazole rings is 1. The van der Waals surface area contributed by atoms with Gasteiger partial charge in [-0.25, -0.2) is 4.98 Å². The van der Waals surface area contributed by atoms with Crippen LogP contribution in [0.4, 0.5) is 0 Å². The highest BCUT2D eigenvalue weighted by molar-refractivity contribution is 7.84. The zero-order valence-electron chi connectivity index (χ0n) is 10.9. The highest BCUT2D eigenvalue weighted by atomic mass is 32.2. The van der Waals surface area contributed by atoms with Crippen molar-refractivity contribution >= 4 is 28.1 Å². The average molecular weight is 288 g/mol. The second-order valence-corrected chi connectivity index (χ2v) is 6.20. The van der Waals surface area contributed by atoms with Crippen LogP contribution in [0.2, 0.25) is 0 Å². The van der Waals surface area contributed by atoms with Crippen molar-refractivity contribution in [2.24, 2.45) is 0 Å². The highest BCUT2D eigenvalue weighted by Gasteiger charge is 2.12. The van der Waals surface area contributed by atoms with Crippen LogP contribution in [0.1, 0.15) is 31.2 Å². The van der Waals surface area contributed by atoms with Gasteiger partial charge >= 0.3 is 0 Å². The summed E-state index contributed by atoms with van der Waals surface area (Å²) in [6, 6.07) is 0. The van der Waals surface area contributed by atoms with E-state index in [0.717, 1.165) is 11.4 Å². The van der Waals surface area contributed by atoms with Crippen LogP contribution in [-0.2, 0) is 16.6 Å². The van der Waals surface area contributed by atoms with Crippen molar-refractivity contribution in [1.82, 2.24) is 20.6 Å². The molecule has 0 saturated heterocycles. The van der Waals surface area contributed by atoms with Gasteiger partial charge in [0.15, 0.2) is 5.11 Å². The van der Waals surface area contributed by atoms with Gasteiger partial charge in [-0.2, -0.15) is 0 Å². The molecular weight excluding hydrogens is 268 g/mol. The molecule has 5 nitrogen and oxygen atoms in total. The van der Waals surface area contributed by atoms with Gasteiger partial charge in [0.1, 0.15) is 0 Å². The van der Waals surface area contributed by atoms with Crippen molar-refractivity contribution in [3.8, 4) is 0 Å². The van der Waals surface area contributed by atoms with Gasteiger partial charge in [0.05, 0.1) is 23.5 Å². The maximum atomic E-state index is 11.9. The molecule has 1 unspecified atom stereocenters.